The Kier molecular flexibility index (Phi) is 4.94. The SMILES string of the molecule is CN(C)CC(C)(C)CNc1cc([C@H]2CCOC2)ncn1. The van der Waals surface area contributed by atoms with Crippen molar-refractivity contribution in [3.05, 3.63) is 18.1 Å². The molecule has 0 amide bonds. The third-order valence-electron chi connectivity index (χ3n) is 3.53. The topological polar surface area (TPSA) is 50.3 Å². The Morgan fingerprint density at radius 3 is 2.85 bits per heavy atom. The van der Waals surface area contributed by atoms with E-state index in [0.717, 1.165) is 44.2 Å². The molecule has 5 heteroatoms. The van der Waals surface area contributed by atoms with Gasteiger partial charge in [-0.3, -0.25) is 0 Å². The molecule has 0 bridgehead atoms. The number of ether oxygens (including phenoxy) is 1. The average molecular weight is 278 g/mol. The molecule has 2 rings (SSSR count). The molecule has 1 aromatic rings. The molecule has 0 aliphatic carbocycles. The molecule has 0 aromatic carbocycles. The maximum atomic E-state index is 5.42. The fraction of sp³-hybridized carbons (Fsp3) is 0.733. The number of aromatic nitrogens is 2. The van der Waals surface area contributed by atoms with Gasteiger partial charge >= 0.3 is 0 Å². The second-order valence-corrected chi connectivity index (χ2v) is 6.64. The minimum absolute atomic E-state index is 0.199. The molecule has 1 aromatic heterocycles. The summed E-state index contributed by atoms with van der Waals surface area (Å²) in [4.78, 5) is 10.9. The summed E-state index contributed by atoms with van der Waals surface area (Å²) in [6.45, 7) is 8.06. The van der Waals surface area contributed by atoms with Crippen LogP contribution in [0.5, 0.6) is 0 Å². The number of hydrogen-bond donors (Lipinski definition) is 1. The molecular formula is C15H26N4O. The predicted molar refractivity (Wildman–Crippen MR) is 81.0 cm³/mol. The van der Waals surface area contributed by atoms with Crippen LogP contribution < -0.4 is 5.32 Å². The Hall–Kier alpha value is -1.20. The first kappa shape index (κ1) is 15.2. The van der Waals surface area contributed by atoms with Crippen LogP contribution in [0, 0.1) is 5.41 Å². The van der Waals surface area contributed by atoms with Crippen molar-refractivity contribution >= 4 is 5.82 Å². The fourth-order valence-electron chi connectivity index (χ4n) is 2.70. The minimum Gasteiger partial charge on any atom is -0.381 e. The van der Waals surface area contributed by atoms with Gasteiger partial charge < -0.3 is 15.0 Å². The Bertz CT molecular complexity index is 428. The van der Waals surface area contributed by atoms with E-state index >= 15 is 0 Å². The number of anilines is 1. The lowest BCUT2D eigenvalue weighted by Crippen LogP contribution is -2.34. The van der Waals surface area contributed by atoms with Crippen LogP contribution in [0.4, 0.5) is 5.82 Å². The summed E-state index contributed by atoms with van der Waals surface area (Å²) in [6, 6.07) is 2.06. The van der Waals surface area contributed by atoms with Gasteiger partial charge in [-0.25, -0.2) is 9.97 Å². The molecule has 1 aliphatic heterocycles. The molecule has 1 N–H and O–H groups in total. The highest BCUT2D eigenvalue weighted by Gasteiger charge is 2.21. The first-order chi connectivity index (χ1) is 9.46. The summed E-state index contributed by atoms with van der Waals surface area (Å²) >= 11 is 0. The predicted octanol–water partition coefficient (Wildman–Crippen LogP) is 1.98. The van der Waals surface area contributed by atoms with Gasteiger partial charge in [-0.05, 0) is 25.9 Å². The Balaban J connectivity index is 1.94. The van der Waals surface area contributed by atoms with E-state index < -0.39 is 0 Å². The summed E-state index contributed by atoms with van der Waals surface area (Å²) in [5, 5.41) is 3.44. The molecule has 1 fully saturated rings. The normalized spacial score (nSPS) is 19.6. The zero-order chi connectivity index (χ0) is 14.6. The molecule has 5 nitrogen and oxygen atoms in total. The van der Waals surface area contributed by atoms with Gasteiger partial charge in [0.15, 0.2) is 0 Å². The summed E-state index contributed by atoms with van der Waals surface area (Å²) in [7, 11) is 4.20. The van der Waals surface area contributed by atoms with Crippen LogP contribution in [0.15, 0.2) is 12.4 Å². The van der Waals surface area contributed by atoms with Gasteiger partial charge in [0.25, 0.3) is 0 Å². The fourth-order valence-corrected chi connectivity index (χ4v) is 2.70. The summed E-state index contributed by atoms with van der Waals surface area (Å²) in [5.74, 6) is 1.34. The molecular weight excluding hydrogens is 252 g/mol. The van der Waals surface area contributed by atoms with E-state index in [9.17, 15) is 0 Å². The molecule has 1 saturated heterocycles. The Morgan fingerprint density at radius 1 is 1.40 bits per heavy atom. The second-order valence-electron chi connectivity index (χ2n) is 6.64. The van der Waals surface area contributed by atoms with Crippen molar-refractivity contribution in [3.8, 4) is 0 Å². The van der Waals surface area contributed by atoms with Crippen LogP contribution in [0.1, 0.15) is 31.9 Å². The molecule has 112 valence electrons. The van der Waals surface area contributed by atoms with Crippen LogP contribution in [0.25, 0.3) is 0 Å². The highest BCUT2D eigenvalue weighted by atomic mass is 16.5. The second kappa shape index (κ2) is 6.50. The molecule has 1 aliphatic rings. The molecule has 0 spiro atoms. The van der Waals surface area contributed by atoms with Crippen molar-refractivity contribution in [1.82, 2.24) is 14.9 Å². The van der Waals surface area contributed by atoms with Crippen molar-refractivity contribution in [1.29, 1.82) is 0 Å². The number of hydrogen-bond acceptors (Lipinski definition) is 5. The Labute approximate surface area is 121 Å². The van der Waals surface area contributed by atoms with Gasteiger partial charge in [0.2, 0.25) is 0 Å². The maximum Gasteiger partial charge on any atom is 0.129 e. The van der Waals surface area contributed by atoms with Crippen molar-refractivity contribution in [2.75, 3.05) is 45.7 Å². The lowest BCUT2D eigenvalue weighted by molar-refractivity contribution is 0.193. The molecule has 1 atom stereocenters. The van der Waals surface area contributed by atoms with Crippen LogP contribution in [-0.4, -0.2) is 55.3 Å². The number of nitrogens with one attached hydrogen (secondary N) is 1. The largest absolute Gasteiger partial charge is 0.381 e. The van der Waals surface area contributed by atoms with Gasteiger partial charge in [0.05, 0.1) is 12.3 Å². The van der Waals surface area contributed by atoms with Gasteiger partial charge in [-0.15, -0.1) is 0 Å². The first-order valence-electron chi connectivity index (χ1n) is 7.24. The number of nitrogens with zero attached hydrogens (tertiary/aromatic N) is 3. The van der Waals surface area contributed by atoms with Crippen LogP contribution in [0.3, 0.4) is 0 Å². The molecule has 0 saturated carbocycles. The Morgan fingerprint density at radius 2 is 2.20 bits per heavy atom. The maximum absolute atomic E-state index is 5.42. The lowest BCUT2D eigenvalue weighted by Gasteiger charge is -2.28. The van der Waals surface area contributed by atoms with E-state index in [1.54, 1.807) is 6.33 Å². The van der Waals surface area contributed by atoms with E-state index in [-0.39, 0.29) is 5.41 Å². The highest BCUT2D eigenvalue weighted by Crippen LogP contribution is 2.24. The highest BCUT2D eigenvalue weighted by molar-refractivity contribution is 5.36. The van der Waals surface area contributed by atoms with Gasteiger partial charge in [-0.2, -0.15) is 0 Å². The standard InChI is InChI=1S/C15H26N4O/c1-15(2,10-19(3)4)9-16-14-7-13(17-11-18-14)12-5-6-20-8-12/h7,11-12H,5-6,8-10H2,1-4H3,(H,16,17,18)/t12-/m0/s1. The quantitative estimate of drug-likeness (QED) is 0.862. The zero-order valence-electron chi connectivity index (χ0n) is 13.0. The van der Waals surface area contributed by atoms with E-state index in [4.69, 9.17) is 4.74 Å². The van der Waals surface area contributed by atoms with E-state index in [2.05, 4.69) is 54.2 Å². The van der Waals surface area contributed by atoms with Crippen LogP contribution in [0.2, 0.25) is 0 Å². The van der Waals surface area contributed by atoms with Crippen molar-refractivity contribution in [3.63, 3.8) is 0 Å². The van der Waals surface area contributed by atoms with Crippen LogP contribution >= 0.6 is 0 Å². The van der Waals surface area contributed by atoms with Crippen LogP contribution in [-0.2, 0) is 4.74 Å². The molecule has 0 radical (unpaired) electrons. The molecule has 2 heterocycles. The van der Waals surface area contributed by atoms with E-state index in [1.165, 1.54) is 0 Å². The molecule has 0 unspecified atom stereocenters. The molecule has 20 heavy (non-hydrogen) atoms. The van der Waals surface area contributed by atoms with E-state index in [1.807, 2.05) is 0 Å². The summed E-state index contributed by atoms with van der Waals surface area (Å²) in [6.07, 6.45) is 2.71. The average Bonchev–Trinajstić information content (AvgIpc) is 2.89. The van der Waals surface area contributed by atoms with Crippen molar-refractivity contribution in [2.45, 2.75) is 26.2 Å². The monoisotopic (exact) mass is 278 g/mol. The third-order valence-corrected chi connectivity index (χ3v) is 3.53. The lowest BCUT2D eigenvalue weighted by atomic mass is 9.93. The number of rotatable bonds is 6. The summed E-state index contributed by atoms with van der Waals surface area (Å²) in [5.41, 5.74) is 1.29. The van der Waals surface area contributed by atoms with Gasteiger partial charge in [0.1, 0.15) is 12.1 Å². The van der Waals surface area contributed by atoms with Gasteiger partial charge in [-0.1, -0.05) is 13.8 Å². The minimum atomic E-state index is 0.199. The van der Waals surface area contributed by atoms with E-state index in [0.29, 0.717) is 5.92 Å². The van der Waals surface area contributed by atoms with Crippen molar-refractivity contribution in [2.24, 2.45) is 5.41 Å². The third kappa shape index (κ3) is 4.42. The zero-order valence-corrected chi connectivity index (χ0v) is 13.0. The first-order valence-corrected chi connectivity index (χ1v) is 7.24. The van der Waals surface area contributed by atoms with Gasteiger partial charge in [0, 0.05) is 31.7 Å². The van der Waals surface area contributed by atoms with Crippen molar-refractivity contribution < 1.29 is 4.74 Å². The smallest absolute Gasteiger partial charge is 0.129 e. The summed E-state index contributed by atoms with van der Waals surface area (Å²) < 4.78 is 5.42.